The second kappa shape index (κ2) is 8.20. The van der Waals surface area contributed by atoms with Gasteiger partial charge in [-0.05, 0) is 38.4 Å². The van der Waals surface area contributed by atoms with E-state index in [-0.39, 0.29) is 5.91 Å². The molecule has 4 aromatic rings. The van der Waals surface area contributed by atoms with Crippen molar-refractivity contribution < 1.29 is 4.79 Å². The highest BCUT2D eigenvalue weighted by atomic mass is 16.1. The molecule has 0 fully saturated rings. The van der Waals surface area contributed by atoms with Gasteiger partial charge in [-0.15, -0.1) is 0 Å². The van der Waals surface area contributed by atoms with Gasteiger partial charge >= 0.3 is 0 Å². The average Bonchev–Trinajstić information content (AvgIpc) is 3.17. The maximum absolute atomic E-state index is 12.3. The zero-order chi connectivity index (χ0) is 20.2. The fourth-order valence-electron chi connectivity index (χ4n) is 3.06. The lowest BCUT2D eigenvalue weighted by molar-refractivity contribution is 0.0951. The predicted molar refractivity (Wildman–Crippen MR) is 113 cm³/mol. The molecule has 0 bridgehead atoms. The number of hydrogen-bond donors (Lipinski definition) is 1. The highest BCUT2D eigenvalue weighted by Crippen LogP contribution is 2.23. The number of hydrogen-bond acceptors (Lipinski definition) is 5. The summed E-state index contributed by atoms with van der Waals surface area (Å²) < 4.78 is 2.01. The van der Waals surface area contributed by atoms with Crippen molar-refractivity contribution in [1.29, 1.82) is 0 Å². The van der Waals surface area contributed by atoms with Crippen molar-refractivity contribution in [3.63, 3.8) is 0 Å². The minimum absolute atomic E-state index is 0.0728. The fraction of sp³-hybridized carbons (Fsp3) is 0.182. The zero-order valence-corrected chi connectivity index (χ0v) is 16.4. The van der Waals surface area contributed by atoms with Gasteiger partial charge in [0.25, 0.3) is 5.91 Å². The molecule has 146 valence electrons. The summed E-state index contributed by atoms with van der Waals surface area (Å²) in [6, 6.07) is 11.4. The molecule has 0 aliphatic carbocycles. The van der Waals surface area contributed by atoms with Crippen molar-refractivity contribution in [1.82, 2.24) is 29.6 Å². The first kappa shape index (κ1) is 18.8. The molecule has 0 radical (unpaired) electrons. The van der Waals surface area contributed by atoms with Crippen LogP contribution in [0, 0.1) is 0 Å². The predicted octanol–water partition coefficient (Wildman–Crippen LogP) is 2.75. The molecule has 7 heteroatoms. The summed E-state index contributed by atoms with van der Waals surface area (Å²) >= 11 is 0. The van der Waals surface area contributed by atoms with Crippen LogP contribution in [0.3, 0.4) is 0 Å². The number of nitrogens with zero attached hydrogens (tertiary/aromatic N) is 5. The van der Waals surface area contributed by atoms with Crippen molar-refractivity contribution in [2.24, 2.45) is 0 Å². The Kier molecular flexibility index (Phi) is 5.31. The summed E-state index contributed by atoms with van der Waals surface area (Å²) in [7, 11) is 3.95. The standard InChI is InChI=1S/C22H22N6O/c1-27(2)12-11-24-22(29)18-5-3-16(4-6-18)19-15-28-20(13-26-21(28)14-25-19)17-7-9-23-10-8-17/h3-10,13-15H,11-12H2,1-2H3,(H,24,29). The molecule has 1 N–H and O–H groups in total. The Hall–Kier alpha value is -3.58. The van der Waals surface area contributed by atoms with Crippen LogP contribution in [0.4, 0.5) is 0 Å². The Balaban J connectivity index is 1.58. The van der Waals surface area contributed by atoms with E-state index in [1.54, 1.807) is 18.6 Å². The summed E-state index contributed by atoms with van der Waals surface area (Å²) in [5, 5.41) is 2.92. The Morgan fingerprint density at radius 1 is 1.00 bits per heavy atom. The Labute approximate surface area is 169 Å². The van der Waals surface area contributed by atoms with E-state index in [9.17, 15) is 4.79 Å². The molecule has 0 saturated carbocycles. The third-order valence-corrected chi connectivity index (χ3v) is 4.66. The van der Waals surface area contributed by atoms with Crippen molar-refractivity contribution in [2.45, 2.75) is 0 Å². The van der Waals surface area contributed by atoms with Gasteiger partial charge in [0, 0.05) is 48.4 Å². The van der Waals surface area contributed by atoms with Crippen LogP contribution in [0.2, 0.25) is 0 Å². The molecule has 0 unspecified atom stereocenters. The number of likely N-dealkylation sites (N-methyl/N-ethyl adjacent to an activating group) is 1. The molecule has 1 aromatic carbocycles. The van der Waals surface area contributed by atoms with E-state index in [4.69, 9.17) is 0 Å². The van der Waals surface area contributed by atoms with E-state index in [1.165, 1.54) is 0 Å². The van der Waals surface area contributed by atoms with Gasteiger partial charge in [-0.1, -0.05) is 12.1 Å². The normalized spacial score (nSPS) is 11.1. The first-order chi connectivity index (χ1) is 14.1. The van der Waals surface area contributed by atoms with Gasteiger partial charge < -0.3 is 10.2 Å². The summed E-state index contributed by atoms with van der Waals surface area (Å²) in [5.74, 6) is -0.0728. The van der Waals surface area contributed by atoms with E-state index in [0.717, 1.165) is 34.7 Å². The number of carbonyl (C=O) groups is 1. The molecular formula is C22H22N6O. The number of benzene rings is 1. The van der Waals surface area contributed by atoms with Crippen LogP contribution in [0.15, 0.2) is 67.4 Å². The first-order valence-electron chi connectivity index (χ1n) is 9.39. The number of nitrogens with one attached hydrogen (secondary N) is 1. The van der Waals surface area contributed by atoms with Crippen LogP contribution in [0.5, 0.6) is 0 Å². The third-order valence-electron chi connectivity index (χ3n) is 4.66. The number of fused-ring (bicyclic) bond motifs is 1. The molecule has 0 spiro atoms. The zero-order valence-electron chi connectivity index (χ0n) is 16.4. The molecule has 4 rings (SSSR count). The molecule has 29 heavy (non-hydrogen) atoms. The Bertz CT molecular complexity index is 1120. The molecule has 0 aliphatic heterocycles. The second-order valence-corrected chi connectivity index (χ2v) is 7.02. The molecule has 1 amide bonds. The van der Waals surface area contributed by atoms with Crippen LogP contribution in [0.25, 0.3) is 28.2 Å². The molecule has 3 heterocycles. The van der Waals surface area contributed by atoms with Gasteiger partial charge in [-0.2, -0.15) is 0 Å². The highest BCUT2D eigenvalue weighted by molar-refractivity contribution is 5.94. The molecule has 0 aliphatic rings. The topological polar surface area (TPSA) is 75.4 Å². The number of pyridine rings is 1. The molecule has 7 nitrogen and oxygen atoms in total. The van der Waals surface area contributed by atoms with E-state index in [2.05, 4.69) is 20.3 Å². The van der Waals surface area contributed by atoms with Crippen LogP contribution < -0.4 is 5.32 Å². The molecule has 0 atom stereocenters. The van der Waals surface area contributed by atoms with Crippen molar-refractivity contribution >= 4 is 11.6 Å². The maximum atomic E-state index is 12.3. The van der Waals surface area contributed by atoms with Crippen molar-refractivity contribution in [3.8, 4) is 22.5 Å². The summed E-state index contributed by atoms with van der Waals surface area (Å²) in [4.78, 5) is 27.3. The van der Waals surface area contributed by atoms with Crippen molar-refractivity contribution in [3.05, 3.63) is 72.9 Å². The van der Waals surface area contributed by atoms with Crippen LogP contribution >= 0.6 is 0 Å². The number of aromatic nitrogens is 4. The highest BCUT2D eigenvalue weighted by Gasteiger charge is 2.10. The van der Waals surface area contributed by atoms with Gasteiger partial charge in [0.15, 0.2) is 5.65 Å². The van der Waals surface area contributed by atoms with Crippen LogP contribution in [0.1, 0.15) is 10.4 Å². The SMILES string of the molecule is CN(C)CCNC(=O)c1ccc(-c2cn3c(-c4ccncc4)cnc3cn2)cc1. The Morgan fingerprint density at radius 3 is 2.48 bits per heavy atom. The largest absolute Gasteiger partial charge is 0.351 e. The van der Waals surface area contributed by atoms with Gasteiger partial charge in [-0.3, -0.25) is 19.2 Å². The lowest BCUT2D eigenvalue weighted by Gasteiger charge is -2.10. The minimum Gasteiger partial charge on any atom is -0.351 e. The lowest BCUT2D eigenvalue weighted by atomic mass is 10.1. The molecule has 0 saturated heterocycles. The average molecular weight is 386 g/mol. The number of amides is 1. The van der Waals surface area contributed by atoms with Gasteiger partial charge in [0.2, 0.25) is 0 Å². The minimum atomic E-state index is -0.0728. The maximum Gasteiger partial charge on any atom is 0.251 e. The smallest absolute Gasteiger partial charge is 0.251 e. The van der Waals surface area contributed by atoms with Gasteiger partial charge in [0.1, 0.15) is 0 Å². The first-order valence-corrected chi connectivity index (χ1v) is 9.39. The lowest BCUT2D eigenvalue weighted by Crippen LogP contribution is -2.31. The Morgan fingerprint density at radius 2 is 1.76 bits per heavy atom. The summed E-state index contributed by atoms with van der Waals surface area (Å²) in [6.45, 7) is 1.42. The monoisotopic (exact) mass is 386 g/mol. The number of imidazole rings is 1. The third kappa shape index (κ3) is 4.14. The molecular weight excluding hydrogens is 364 g/mol. The van der Waals surface area contributed by atoms with Crippen LogP contribution in [-0.2, 0) is 0 Å². The van der Waals surface area contributed by atoms with Gasteiger partial charge in [-0.25, -0.2) is 4.98 Å². The van der Waals surface area contributed by atoms with E-state index >= 15 is 0 Å². The second-order valence-electron chi connectivity index (χ2n) is 7.02. The van der Waals surface area contributed by atoms with E-state index in [1.807, 2.05) is 72.2 Å². The number of carbonyl (C=O) groups excluding carboxylic acids is 1. The number of rotatable bonds is 6. The molecule has 3 aromatic heterocycles. The summed E-state index contributed by atoms with van der Waals surface area (Å²) in [5.41, 5.74) is 5.17. The van der Waals surface area contributed by atoms with E-state index < -0.39 is 0 Å². The summed E-state index contributed by atoms with van der Waals surface area (Å²) in [6.07, 6.45) is 9.07. The van der Waals surface area contributed by atoms with Gasteiger partial charge in [0.05, 0.1) is 23.8 Å². The fourth-order valence-corrected chi connectivity index (χ4v) is 3.06. The van der Waals surface area contributed by atoms with E-state index in [0.29, 0.717) is 12.1 Å². The quantitative estimate of drug-likeness (QED) is 0.551. The van der Waals surface area contributed by atoms with Crippen LogP contribution in [-0.4, -0.2) is 57.3 Å². The van der Waals surface area contributed by atoms with Crippen molar-refractivity contribution in [2.75, 3.05) is 27.2 Å².